The number of aromatic nitrogens is 2. The van der Waals surface area contributed by atoms with Gasteiger partial charge in [0.25, 0.3) is 0 Å². The molecule has 4 rings (SSSR count). The summed E-state index contributed by atoms with van der Waals surface area (Å²) in [7, 11) is -2.14. The number of hydrogen-bond acceptors (Lipinski definition) is 4. The van der Waals surface area contributed by atoms with Gasteiger partial charge in [0.05, 0.1) is 18.1 Å². The Bertz CT molecular complexity index is 1120. The summed E-state index contributed by atoms with van der Waals surface area (Å²) in [6, 6.07) is 15.2. The summed E-state index contributed by atoms with van der Waals surface area (Å²) >= 11 is 0. The Morgan fingerprint density at radius 3 is 2.59 bits per heavy atom. The average Bonchev–Trinajstić information content (AvgIpc) is 3.13. The molecular weight excluding hydrogens is 386 g/mol. The van der Waals surface area contributed by atoms with Gasteiger partial charge in [-0.05, 0) is 51.0 Å². The van der Waals surface area contributed by atoms with Crippen molar-refractivity contribution in [3.63, 3.8) is 0 Å². The van der Waals surface area contributed by atoms with Crippen LogP contribution in [0.4, 0.5) is 0 Å². The molecule has 0 unspecified atom stereocenters. The minimum Gasteiger partial charge on any atom is -0.495 e. The zero-order valence-corrected chi connectivity index (χ0v) is 17.9. The average molecular weight is 414 g/mol. The highest BCUT2D eigenvalue weighted by Gasteiger charge is 2.34. The molecule has 3 aromatic rings. The first-order valence-electron chi connectivity index (χ1n) is 10.0. The third kappa shape index (κ3) is 3.53. The lowest BCUT2D eigenvalue weighted by molar-refractivity contribution is 0.302. The predicted molar refractivity (Wildman–Crippen MR) is 114 cm³/mol. The Balaban J connectivity index is 1.71. The molecule has 2 aromatic carbocycles. The fraction of sp³-hybridized carbons (Fsp3) is 0.409. The first-order chi connectivity index (χ1) is 13.9. The van der Waals surface area contributed by atoms with E-state index in [-0.39, 0.29) is 16.9 Å². The van der Waals surface area contributed by atoms with Crippen molar-refractivity contribution in [3.8, 4) is 5.75 Å². The molecule has 0 radical (unpaired) electrons. The second kappa shape index (κ2) is 7.80. The van der Waals surface area contributed by atoms with E-state index in [1.54, 1.807) is 28.6 Å². The summed E-state index contributed by atoms with van der Waals surface area (Å²) in [5.74, 6) is 1.41. The molecule has 6 nitrogen and oxygen atoms in total. The van der Waals surface area contributed by atoms with Crippen LogP contribution in [0.1, 0.15) is 44.5 Å². The molecule has 0 N–H and O–H groups in total. The molecule has 1 aromatic heterocycles. The third-order valence-corrected chi connectivity index (χ3v) is 7.48. The highest BCUT2D eigenvalue weighted by atomic mass is 32.2. The van der Waals surface area contributed by atoms with Crippen LogP contribution in [-0.2, 0) is 10.0 Å². The SMILES string of the molecule is COc1ccccc1S(=O)(=O)N1CCC[C@H](c2nc3ccccc3n2C(C)C)C1. The highest BCUT2D eigenvalue weighted by Crippen LogP contribution is 2.35. The molecule has 1 atom stereocenters. The van der Waals surface area contributed by atoms with Gasteiger partial charge in [0.2, 0.25) is 10.0 Å². The lowest BCUT2D eigenvalue weighted by Gasteiger charge is -2.32. The van der Waals surface area contributed by atoms with E-state index in [1.807, 2.05) is 18.2 Å². The largest absolute Gasteiger partial charge is 0.495 e. The van der Waals surface area contributed by atoms with E-state index < -0.39 is 10.0 Å². The zero-order chi connectivity index (χ0) is 20.6. The number of imidazole rings is 1. The Morgan fingerprint density at radius 2 is 1.83 bits per heavy atom. The Labute approximate surface area is 172 Å². The number of para-hydroxylation sites is 3. The summed E-state index contributed by atoms with van der Waals surface area (Å²) in [5.41, 5.74) is 2.06. The number of piperidine rings is 1. The van der Waals surface area contributed by atoms with Crippen LogP contribution < -0.4 is 4.74 Å². The molecule has 154 valence electrons. The highest BCUT2D eigenvalue weighted by molar-refractivity contribution is 7.89. The van der Waals surface area contributed by atoms with E-state index in [0.29, 0.717) is 18.8 Å². The van der Waals surface area contributed by atoms with Crippen molar-refractivity contribution in [2.75, 3.05) is 20.2 Å². The van der Waals surface area contributed by atoms with Crippen LogP contribution in [0.25, 0.3) is 11.0 Å². The number of methoxy groups -OCH3 is 1. The van der Waals surface area contributed by atoms with E-state index in [9.17, 15) is 8.42 Å². The van der Waals surface area contributed by atoms with Crippen LogP contribution >= 0.6 is 0 Å². The van der Waals surface area contributed by atoms with Gasteiger partial charge >= 0.3 is 0 Å². The third-order valence-electron chi connectivity index (χ3n) is 5.58. The molecule has 0 amide bonds. The van der Waals surface area contributed by atoms with Crippen molar-refractivity contribution >= 4 is 21.1 Å². The molecule has 7 heteroatoms. The second-order valence-electron chi connectivity index (χ2n) is 7.78. The molecule has 1 aliphatic heterocycles. The van der Waals surface area contributed by atoms with Gasteiger partial charge in [-0.3, -0.25) is 0 Å². The lowest BCUT2D eigenvalue weighted by atomic mass is 9.98. The predicted octanol–water partition coefficient (Wildman–Crippen LogP) is 4.19. The maximum atomic E-state index is 13.4. The monoisotopic (exact) mass is 413 g/mol. The standard InChI is InChI=1S/C22H27N3O3S/c1-16(2)25-19-11-5-4-10-18(19)23-22(25)17-9-8-14-24(15-17)29(26,27)21-13-7-6-12-20(21)28-3/h4-7,10-13,16-17H,8-9,14-15H2,1-3H3/t17-/m0/s1. The van der Waals surface area contributed by atoms with Gasteiger partial charge in [-0.25, -0.2) is 13.4 Å². The van der Waals surface area contributed by atoms with Crippen molar-refractivity contribution in [3.05, 3.63) is 54.4 Å². The number of rotatable bonds is 5. The molecule has 0 aliphatic carbocycles. The van der Waals surface area contributed by atoms with Crippen molar-refractivity contribution in [1.82, 2.24) is 13.9 Å². The molecule has 0 saturated carbocycles. The quantitative estimate of drug-likeness (QED) is 0.629. The van der Waals surface area contributed by atoms with Gasteiger partial charge in [0.1, 0.15) is 16.5 Å². The van der Waals surface area contributed by atoms with Gasteiger partial charge in [0.15, 0.2) is 0 Å². The van der Waals surface area contributed by atoms with E-state index >= 15 is 0 Å². The molecule has 2 heterocycles. The minimum absolute atomic E-state index is 0.0584. The number of hydrogen-bond donors (Lipinski definition) is 0. The van der Waals surface area contributed by atoms with Gasteiger partial charge in [-0.15, -0.1) is 0 Å². The summed E-state index contributed by atoms with van der Waals surface area (Å²) < 4.78 is 35.8. The van der Waals surface area contributed by atoms with Crippen molar-refractivity contribution in [1.29, 1.82) is 0 Å². The van der Waals surface area contributed by atoms with Crippen LogP contribution in [0.5, 0.6) is 5.75 Å². The van der Waals surface area contributed by atoms with E-state index in [0.717, 1.165) is 29.7 Å². The topological polar surface area (TPSA) is 64.4 Å². The number of ether oxygens (including phenoxy) is 1. The van der Waals surface area contributed by atoms with Crippen LogP contribution in [0.3, 0.4) is 0 Å². The molecule has 1 saturated heterocycles. The summed E-state index contributed by atoms with van der Waals surface area (Å²) in [6.07, 6.45) is 1.73. The van der Waals surface area contributed by atoms with Crippen LogP contribution in [0.2, 0.25) is 0 Å². The summed E-state index contributed by atoms with van der Waals surface area (Å²) in [4.78, 5) is 5.12. The fourth-order valence-corrected chi connectivity index (χ4v) is 5.92. The van der Waals surface area contributed by atoms with Gasteiger partial charge < -0.3 is 9.30 Å². The van der Waals surface area contributed by atoms with Crippen LogP contribution in [-0.4, -0.2) is 42.5 Å². The molecule has 0 bridgehead atoms. The Kier molecular flexibility index (Phi) is 5.36. The normalized spacial score (nSPS) is 18.4. The maximum Gasteiger partial charge on any atom is 0.246 e. The fourth-order valence-electron chi connectivity index (χ4n) is 4.24. The van der Waals surface area contributed by atoms with Gasteiger partial charge in [0, 0.05) is 25.0 Å². The number of sulfonamides is 1. The van der Waals surface area contributed by atoms with Crippen molar-refractivity contribution in [2.24, 2.45) is 0 Å². The maximum absolute atomic E-state index is 13.4. The minimum atomic E-state index is -3.64. The van der Waals surface area contributed by atoms with Crippen LogP contribution in [0.15, 0.2) is 53.4 Å². The van der Waals surface area contributed by atoms with E-state index in [1.165, 1.54) is 7.11 Å². The summed E-state index contributed by atoms with van der Waals surface area (Å²) in [5, 5.41) is 0. The first kappa shape index (κ1) is 19.9. The second-order valence-corrected chi connectivity index (χ2v) is 9.68. The molecule has 1 fully saturated rings. The Morgan fingerprint density at radius 1 is 1.10 bits per heavy atom. The zero-order valence-electron chi connectivity index (χ0n) is 17.1. The first-order valence-corrected chi connectivity index (χ1v) is 11.5. The molecular formula is C22H27N3O3S. The lowest BCUT2D eigenvalue weighted by Crippen LogP contribution is -2.40. The van der Waals surface area contributed by atoms with Gasteiger partial charge in [-0.1, -0.05) is 24.3 Å². The molecule has 0 spiro atoms. The van der Waals surface area contributed by atoms with Crippen molar-refractivity contribution in [2.45, 2.75) is 43.5 Å². The smallest absolute Gasteiger partial charge is 0.246 e. The van der Waals surface area contributed by atoms with E-state index in [2.05, 4.69) is 24.5 Å². The van der Waals surface area contributed by atoms with Gasteiger partial charge in [-0.2, -0.15) is 4.31 Å². The van der Waals surface area contributed by atoms with Crippen LogP contribution in [0, 0.1) is 0 Å². The number of benzene rings is 2. The van der Waals surface area contributed by atoms with Crippen molar-refractivity contribution < 1.29 is 13.2 Å². The molecule has 29 heavy (non-hydrogen) atoms. The summed E-state index contributed by atoms with van der Waals surface area (Å²) in [6.45, 7) is 5.22. The Hall–Kier alpha value is -2.38. The van der Waals surface area contributed by atoms with E-state index in [4.69, 9.17) is 9.72 Å². The number of fused-ring (bicyclic) bond motifs is 1. The molecule has 1 aliphatic rings. The number of nitrogens with zero attached hydrogens (tertiary/aromatic N) is 3.